The third-order valence-corrected chi connectivity index (χ3v) is 2.77. The van der Waals surface area contributed by atoms with Gasteiger partial charge in [-0.15, -0.1) is 0 Å². The molecule has 2 aromatic rings. The van der Waals surface area contributed by atoms with E-state index in [9.17, 15) is 4.79 Å². The van der Waals surface area contributed by atoms with E-state index in [2.05, 4.69) is 10.4 Å². The van der Waals surface area contributed by atoms with Crippen molar-refractivity contribution in [2.75, 3.05) is 11.9 Å². The van der Waals surface area contributed by atoms with Crippen LogP contribution in [0.4, 0.5) is 5.69 Å². The number of hydrogen-bond acceptors (Lipinski definition) is 3. The molecule has 0 radical (unpaired) electrons. The quantitative estimate of drug-likeness (QED) is 0.825. The van der Waals surface area contributed by atoms with Gasteiger partial charge in [0, 0.05) is 37.7 Å². The third-order valence-electron chi connectivity index (χ3n) is 2.77. The lowest BCUT2D eigenvalue weighted by Gasteiger charge is -2.06. The molecule has 1 aromatic carbocycles. The Kier molecular flexibility index (Phi) is 4.69. The van der Waals surface area contributed by atoms with Gasteiger partial charge >= 0.3 is 0 Å². The molecule has 0 saturated carbocycles. The first kappa shape index (κ1) is 13.3. The smallest absolute Gasteiger partial charge is 0.226 e. The molecule has 1 aromatic heterocycles. The number of aryl methyl sites for hydroxylation is 1. The molecule has 2 N–H and O–H groups in total. The minimum absolute atomic E-state index is 0.0367. The number of hydrogen-bond donors (Lipinski definition) is 2. The molecule has 0 aliphatic carbocycles. The second-order valence-electron chi connectivity index (χ2n) is 4.24. The number of carbonyl (C=O) groups is 1. The number of benzene rings is 1. The zero-order valence-corrected chi connectivity index (χ0v) is 10.6. The average molecular weight is 259 g/mol. The van der Waals surface area contributed by atoms with Crippen LogP contribution >= 0.6 is 0 Å². The molecule has 0 aliphatic rings. The first-order valence-corrected chi connectivity index (χ1v) is 6.25. The number of aliphatic hydroxyl groups excluding tert-OH is 1. The van der Waals surface area contributed by atoms with Gasteiger partial charge in [0.1, 0.15) is 0 Å². The largest absolute Gasteiger partial charge is 0.396 e. The number of aromatic nitrogens is 2. The molecule has 1 heterocycles. The minimum Gasteiger partial charge on any atom is -0.396 e. The van der Waals surface area contributed by atoms with E-state index in [0.717, 1.165) is 11.3 Å². The molecular formula is C14H17N3O2. The van der Waals surface area contributed by atoms with Gasteiger partial charge < -0.3 is 10.4 Å². The molecule has 0 fully saturated rings. The van der Waals surface area contributed by atoms with Gasteiger partial charge in [-0.1, -0.05) is 12.1 Å². The number of carbonyl (C=O) groups excluding carboxylic acids is 1. The molecule has 0 bridgehead atoms. The van der Waals surface area contributed by atoms with Gasteiger partial charge in [-0.3, -0.25) is 9.48 Å². The Bertz CT molecular complexity index is 506. The zero-order chi connectivity index (χ0) is 13.5. The van der Waals surface area contributed by atoms with E-state index in [-0.39, 0.29) is 12.5 Å². The van der Waals surface area contributed by atoms with Gasteiger partial charge in [-0.25, -0.2) is 0 Å². The van der Waals surface area contributed by atoms with Crippen LogP contribution in [0.25, 0.3) is 0 Å². The van der Waals surface area contributed by atoms with Crippen molar-refractivity contribution in [3.05, 3.63) is 48.3 Å². The maximum atomic E-state index is 11.7. The van der Waals surface area contributed by atoms with Gasteiger partial charge in [0.25, 0.3) is 0 Å². The highest BCUT2D eigenvalue weighted by atomic mass is 16.2. The standard InChI is InChI=1S/C14H17N3O2/c18-11-7-12-2-4-13(5-3-12)16-14(19)6-10-17-9-1-8-15-17/h1-5,8-9,18H,6-7,10-11H2,(H,16,19). The second kappa shape index (κ2) is 6.70. The van der Waals surface area contributed by atoms with E-state index in [1.807, 2.05) is 36.5 Å². The Hall–Kier alpha value is -2.14. The molecule has 0 unspecified atom stereocenters. The average Bonchev–Trinajstić information content (AvgIpc) is 2.92. The molecular weight excluding hydrogens is 242 g/mol. The van der Waals surface area contributed by atoms with Crippen molar-refractivity contribution in [1.82, 2.24) is 9.78 Å². The lowest BCUT2D eigenvalue weighted by Crippen LogP contribution is -2.14. The minimum atomic E-state index is -0.0367. The van der Waals surface area contributed by atoms with Crippen LogP contribution in [-0.4, -0.2) is 27.4 Å². The highest BCUT2D eigenvalue weighted by Gasteiger charge is 2.03. The van der Waals surface area contributed by atoms with Crippen molar-refractivity contribution < 1.29 is 9.90 Å². The summed E-state index contributed by atoms with van der Waals surface area (Å²) in [6.07, 6.45) is 4.54. The Labute approximate surface area is 111 Å². The van der Waals surface area contributed by atoms with Gasteiger partial charge in [0.2, 0.25) is 5.91 Å². The van der Waals surface area contributed by atoms with E-state index in [1.165, 1.54) is 0 Å². The summed E-state index contributed by atoms with van der Waals surface area (Å²) in [5.74, 6) is -0.0367. The van der Waals surface area contributed by atoms with E-state index >= 15 is 0 Å². The summed E-state index contributed by atoms with van der Waals surface area (Å²) in [7, 11) is 0. The molecule has 2 rings (SSSR count). The molecule has 5 nitrogen and oxygen atoms in total. The van der Waals surface area contributed by atoms with E-state index in [0.29, 0.717) is 19.4 Å². The first-order valence-electron chi connectivity index (χ1n) is 6.25. The fourth-order valence-corrected chi connectivity index (χ4v) is 1.76. The van der Waals surface area contributed by atoms with E-state index in [4.69, 9.17) is 5.11 Å². The van der Waals surface area contributed by atoms with Crippen molar-refractivity contribution >= 4 is 11.6 Å². The van der Waals surface area contributed by atoms with Crippen molar-refractivity contribution in [1.29, 1.82) is 0 Å². The summed E-state index contributed by atoms with van der Waals surface area (Å²) in [5, 5.41) is 15.7. The SMILES string of the molecule is O=C(CCn1cccn1)Nc1ccc(CCO)cc1. The Morgan fingerprint density at radius 3 is 2.74 bits per heavy atom. The second-order valence-corrected chi connectivity index (χ2v) is 4.24. The molecule has 5 heteroatoms. The number of nitrogens with zero attached hydrogens (tertiary/aromatic N) is 2. The van der Waals surface area contributed by atoms with Crippen LogP contribution < -0.4 is 5.32 Å². The summed E-state index contributed by atoms with van der Waals surface area (Å²) in [5.41, 5.74) is 1.82. The molecule has 1 amide bonds. The Balaban J connectivity index is 1.81. The van der Waals surface area contributed by atoms with Gasteiger partial charge in [0.05, 0.1) is 0 Å². The maximum Gasteiger partial charge on any atom is 0.226 e. The summed E-state index contributed by atoms with van der Waals surface area (Å²) in [6, 6.07) is 9.32. The number of rotatable bonds is 6. The highest BCUT2D eigenvalue weighted by molar-refractivity contribution is 5.90. The van der Waals surface area contributed by atoms with Crippen molar-refractivity contribution in [3.63, 3.8) is 0 Å². The molecule has 0 atom stereocenters. The van der Waals surface area contributed by atoms with Crippen LogP contribution in [0.3, 0.4) is 0 Å². The summed E-state index contributed by atoms with van der Waals surface area (Å²) >= 11 is 0. The van der Waals surface area contributed by atoms with E-state index < -0.39 is 0 Å². The highest BCUT2D eigenvalue weighted by Crippen LogP contribution is 2.10. The lowest BCUT2D eigenvalue weighted by molar-refractivity contribution is -0.116. The van der Waals surface area contributed by atoms with Crippen molar-refractivity contribution in [2.45, 2.75) is 19.4 Å². The van der Waals surface area contributed by atoms with Gasteiger partial charge in [-0.05, 0) is 30.2 Å². The summed E-state index contributed by atoms with van der Waals surface area (Å²) in [4.78, 5) is 11.7. The normalized spacial score (nSPS) is 10.4. The number of nitrogens with one attached hydrogen (secondary N) is 1. The lowest BCUT2D eigenvalue weighted by atomic mass is 10.1. The maximum absolute atomic E-state index is 11.7. The van der Waals surface area contributed by atoms with Crippen LogP contribution in [0, 0.1) is 0 Å². The number of aliphatic hydroxyl groups is 1. The fraction of sp³-hybridized carbons (Fsp3) is 0.286. The van der Waals surface area contributed by atoms with E-state index in [1.54, 1.807) is 10.9 Å². The van der Waals surface area contributed by atoms with Gasteiger partial charge in [-0.2, -0.15) is 5.10 Å². The summed E-state index contributed by atoms with van der Waals surface area (Å²) < 4.78 is 1.73. The van der Waals surface area contributed by atoms with Crippen LogP contribution in [0.15, 0.2) is 42.7 Å². The van der Waals surface area contributed by atoms with Crippen molar-refractivity contribution in [3.8, 4) is 0 Å². The fourth-order valence-electron chi connectivity index (χ4n) is 1.76. The molecule has 0 aliphatic heterocycles. The Morgan fingerprint density at radius 1 is 1.32 bits per heavy atom. The third kappa shape index (κ3) is 4.22. The molecule has 100 valence electrons. The zero-order valence-electron chi connectivity index (χ0n) is 10.6. The topological polar surface area (TPSA) is 67.2 Å². The predicted molar refractivity (Wildman–Crippen MR) is 72.7 cm³/mol. The first-order chi connectivity index (χ1) is 9.28. The Morgan fingerprint density at radius 2 is 2.11 bits per heavy atom. The van der Waals surface area contributed by atoms with Crippen LogP contribution in [0.5, 0.6) is 0 Å². The van der Waals surface area contributed by atoms with Gasteiger partial charge in [0.15, 0.2) is 0 Å². The summed E-state index contributed by atoms with van der Waals surface area (Å²) in [6.45, 7) is 0.705. The predicted octanol–water partition coefficient (Wildman–Crippen LogP) is 1.45. The van der Waals surface area contributed by atoms with Crippen LogP contribution in [0.1, 0.15) is 12.0 Å². The monoisotopic (exact) mass is 259 g/mol. The number of anilines is 1. The van der Waals surface area contributed by atoms with Crippen LogP contribution in [-0.2, 0) is 17.8 Å². The molecule has 0 saturated heterocycles. The van der Waals surface area contributed by atoms with Crippen molar-refractivity contribution in [2.24, 2.45) is 0 Å². The number of amides is 1. The molecule has 19 heavy (non-hydrogen) atoms. The molecule has 0 spiro atoms. The van der Waals surface area contributed by atoms with Crippen LogP contribution in [0.2, 0.25) is 0 Å².